The monoisotopic (exact) mass is 339 g/mol. The molecule has 3 rings (SSSR count). The molecule has 2 aromatic carbocycles. The lowest BCUT2D eigenvalue weighted by atomic mass is 10.1. The van der Waals surface area contributed by atoms with E-state index in [0.29, 0.717) is 18.7 Å². The predicted molar refractivity (Wildman–Crippen MR) is 97.7 cm³/mol. The zero-order chi connectivity index (χ0) is 17.6. The number of aromatic amines is 1. The van der Waals surface area contributed by atoms with E-state index in [0.717, 1.165) is 11.9 Å². The fraction of sp³-hybridized carbons (Fsp3) is 0.250. The van der Waals surface area contributed by atoms with Crippen LogP contribution in [0.15, 0.2) is 54.7 Å². The van der Waals surface area contributed by atoms with Gasteiger partial charge in [-0.15, -0.1) is 0 Å². The molecule has 2 N–H and O–H groups in total. The summed E-state index contributed by atoms with van der Waals surface area (Å²) in [5, 5.41) is 4.12. The predicted octanol–water partition coefficient (Wildman–Crippen LogP) is 3.10. The van der Waals surface area contributed by atoms with Gasteiger partial charge in [0, 0.05) is 35.8 Å². The number of carbonyl (C=O) groups excluding carboxylic acids is 1. The van der Waals surface area contributed by atoms with Gasteiger partial charge in [0.15, 0.2) is 0 Å². The van der Waals surface area contributed by atoms with Crippen LogP contribution in [0.2, 0.25) is 0 Å². The molecule has 5 heteroatoms. The van der Waals surface area contributed by atoms with Crippen molar-refractivity contribution in [3.8, 4) is 0 Å². The third-order valence-corrected chi connectivity index (χ3v) is 4.20. The number of likely N-dealkylation sites (N-methyl/N-ethyl adjacent to an activating group) is 1. The van der Waals surface area contributed by atoms with Crippen LogP contribution in [0, 0.1) is 5.82 Å². The third-order valence-electron chi connectivity index (χ3n) is 4.20. The highest BCUT2D eigenvalue weighted by molar-refractivity contribution is 5.83. The van der Waals surface area contributed by atoms with Gasteiger partial charge in [0.25, 0.3) is 0 Å². The summed E-state index contributed by atoms with van der Waals surface area (Å²) < 4.78 is 13.6. The van der Waals surface area contributed by atoms with Crippen molar-refractivity contribution in [2.75, 3.05) is 20.1 Å². The Bertz CT molecular complexity index is 859. The van der Waals surface area contributed by atoms with Gasteiger partial charge in [-0.2, -0.15) is 0 Å². The molecule has 1 amide bonds. The van der Waals surface area contributed by atoms with Crippen LogP contribution in [0.25, 0.3) is 10.9 Å². The van der Waals surface area contributed by atoms with Gasteiger partial charge >= 0.3 is 0 Å². The Balaban J connectivity index is 1.46. The van der Waals surface area contributed by atoms with Crippen LogP contribution >= 0.6 is 0 Å². The molecule has 1 heterocycles. The lowest BCUT2D eigenvalue weighted by molar-refractivity contribution is -0.122. The number of hydrogen-bond donors (Lipinski definition) is 2. The summed E-state index contributed by atoms with van der Waals surface area (Å²) in [7, 11) is 1.81. The van der Waals surface area contributed by atoms with Crippen molar-refractivity contribution in [1.29, 1.82) is 0 Å². The van der Waals surface area contributed by atoms with Crippen molar-refractivity contribution >= 4 is 16.8 Å². The molecular weight excluding hydrogens is 317 g/mol. The maximum absolute atomic E-state index is 13.6. The molecule has 3 aromatic rings. The molecule has 0 aliphatic heterocycles. The normalized spacial score (nSPS) is 11.2. The topological polar surface area (TPSA) is 48.1 Å². The minimum Gasteiger partial charge on any atom is -0.361 e. The first kappa shape index (κ1) is 17.2. The number of H-pyrrole nitrogens is 1. The van der Waals surface area contributed by atoms with Gasteiger partial charge in [-0.05, 0) is 31.2 Å². The largest absolute Gasteiger partial charge is 0.361 e. The molecule has 0 saturated heterocycles. The van der Waals surface area contributed by atoms with Crippen molar-refractivity contribution in [3.05, 3.63) is 71.7 Å². The minimum absolute atomic E-state index is 0.0568. The Morgan fingerprint density at radius 2 is 1.88 bits per heavy atom. The number of nitrogens with one attached hydrogen (secondary N) is 2. The second-order valence-corrected chi connectivity index (χ2v) is 6.22. The molecule has 1 aromatic heterocycles. The molecule has 0 radical (unpaired) electrons. The number of halogens is 1. The summed E-state index contributed by atoms with van der Waals surface area (Å²) in [6.07, 6.45) is 2.76. The van der Waals surface area contributed by atoms with Crippen molar-refractivity contribution in [2.45, 2.75) is 13.0 Å². The first-order valence-electron chi connectivity index (χ1n) is 8.37. The molecule has 0 saturated carbocycles. The number of rotatable bonds is 7. The standard InChI is InChI=1S/C20H22FN3O/c1-24(13-16-6-2-4-8-18(16)21)14-20(25)22-11-10-15-12-23-19-9-5-3-7-17(15)19/h2-9,12,23H,10-11,13-14H2,1H3,(H,22,25). The second-order valence-electron chi connectivity index (χ2n) is 6.22. The van der Waals surface area contributed by atoms with E-state index in [1.807, 2.05) is 31.4 Å². The van der Waals surface area contributed by atoms with E-state index in [4.69, 9.17) is 0 Å². The molecule has 0 spiro atoms. The van der Waals surface area contributed by atoms with E-state index < -0.39 is 0 Å². The van der Waals surface area contributed by atoms with Crippen LogP contribution in [0.1, 0.15) is 11.1 Å². The van der Waals surface area contributed by atoms with Crippen molar-refractivity contribution in [1.82, 2.24) is 15.2 Å². The maximum Gasteiger partial charge on any atom is 0.234 e. The summed E-state index contributed by atoms with van der Waals surface area (Å²) in [5.41, 5.74) is 2.89. The van der Waals surface area contributed by atoms with Crippen molar-refractivity contribution < 1.29 is 9.18 Å². The molecule has 25 heavy (non-hydrogen) atoms. The highest BCUT2D eigenvalue weighted by Gasteiger charge is 2.10. The third kappa shape index (κ3) is 4.45. The number of aromatic nitrogens is 1. The molecule has 0 aliphatic carbocycles. The van der Waals surface area contributed by atoms with Crippen molar-refractivity contribution in [3.63, 3.8) is 0 Å². The SMILES string of the molecule is CN(CC(=O)NCCc1c[nH]c2ccccc12)Cc1ccccc1F. The van der Waals surface area contributed by atoms with Crippen LogP contribution in [-0.4, -0.2) is 35.9 Å². The maximum atomic E-state index is 13.6. The molecule has 0 unspecified atom stereocenters. The number of amides is 1. The van der Waals surface area contributed by atoms with Gasteiger partial charge in [-0.25, -0.2) is 4.39 Å². The Kier molecular flexibility index (Phi) is 5.46. The molecule has 130 valence electrons. The average molecular weight is 339 g/mol. The van der Waals surface area contributed by atoms with Gasteiger partial charge in [0.05, 0.1) is 6.54 Å². The number of carbonyl (C=O) groups is 1. The fourth-order valence-electron chi connectivity index (χ4n) is 2.95. The number of nitrogens with zero attached hydrogens (tertiary/aromatic N) is 1. The highest BCUT2D eigenvalue weighted by atomic mass is 19.1. The zero-order valence-corrected chi connectivity index (χ0v) is 14.3. The summed E-state index contributed by atoms with van der Waals surface area (Å²) in [6.45, 7) is 1.22. The first-order valence-corrected chi connectivity index (χ1v) is 8.37. The van der Waals surface area contributed by atoms with Gasteiger partial charge in [-0.3, -0.25) is 9.69 Å². The van der Waals surface area contributed by atoms with Gasteiger partial charge < -0.3 is 10.3 Å². The fourth-order valence-corrected chi connectivity index (χ4v) is 2.95. The van der Waals surface area contributed by atoms with Crippen LogP contribution in [-0.2, 0) is 17.8 Å². The van der Waals surface area contributed by atoms with E-state index in [-0.39, 0.29) is 18.3 Å². The van der Waals surface area contributed by atoms with Crippen LogP contribution in [0.3, 0.4) is 0 Å². The van der Waals surface area contributed by atoms with Gasteiger partial charge in [0.2, 0.25) is 5.91 Å². The lowest BCUT2D eigenvalue weighted by Gasteiger charge is -2.16. The number of fused-ring (bicyclic) bond motifs is 1. The molecule has 0 atom stereocenters. The Labute approximate surface area is 146 Å². The number of hydrogen-bond acceptors (Lipinski definition) is 2. The molecule has 4 nitrogen and oxygen atoms in total. The summed E-state index contributed by atoms with van der Waals surface area (Å²) in [6, 6.07) is 14.8. The van der Waals surface area contributed by atoms with E-state index in [1.165, 1.54) is 17.0 Å². The van der Waals surface area contributed by atoms with Crippen molar-refractivity contribution in [2.24, 2.45) is 0 Å². The summed E-state index contributed by atoms with van der Waals surface area (Å²) >= 11 is 0. The zero-order valence-electron chi connectivity index (χ0n) is 14.3. The number of para-hydroxylation sites is 1. The van der Waals surface area contributed by atoms with Crippen LogP contribution in [0.4, 0.5) is 4.39 Å². The highest BCUT2D eigenvalue weighted by Crippen LogP contribution is 2.17. The minimum atomic E-state index is -0.242. The Hall–Kier alpha value is -2.66. The average Bonchev–Trinajstić information content (AvgIpc) is 3.00. The Morgan fingerprint density at radius 3 is 2.72 bits per heavy atom. The summed E-state index contributed by atoms with van der Waals surface area (Å²) in [5.74, 6) is -0.298. The van der Waals surface area contributed by atoms with E-state index >= 15 is 0 Å². The molecule has 0 bridgehead atoms. The molecule has 0 fully saturated rings. The van der Waals surface area contributed by atoms with Gasteiger partial charge in [0.1, 0.15) is 5.82 Å². The van der Waals surface area contributed by atoms with Crippen LogP contribution < -0.4 is 5.32 Å². The van der Waals surface area contributed by atoms with E-state index in [9.17, 15) is 9.18 Å². The molecule has 0 aliphatic rings. The lowest BCUT2D eigenvalue weighted by Crippen LogP contribution is -2.35. The van der Waals surface area contributed by atoms with E-state index in [2.05, 4.69) is 16.4 Å². The second kappa shape index (κ2) is 7.94. The first-order chi connectivity index (χ1) is 12.1. The smallest absolute Gasteiger partial charge is 0.234 e. The molecular formula is C20H22FN3O. The van der Waals surface area contributed by atoms with E-state index in [1.54, 1.807) is 23.1 Å². The quantitative estimate of drug-likeness (QED) is 0.695. The van der Waals surface area contributed by atoms with Crippen LogP contribution in [0.5, 0.6) is 0 Å². The Morgan fingerprint density at radius 1 is 1.12 bits per heavy atom. The summed E-state index contributed by atoms with van der Waals surface area (Å²) in [4.78, 5) is 17.1. The number of benzene rings is 2. The van der Waals surface area contributed by atoms with Gasteiger partial charge in [-0.1, -0.05) is 36.4 Å².